The van der Waals surface area contributed by atoms with Crippen molar-refractivity contribution >= 4 is 40.0 Å². The third kappa shape index (κ3) is 6.35. The van der Waals surface area contributed by atoms with Gasteiger partial charge in [0, 0.05) is 32.7 Å². The number of piperidine rings is 1. The summed E-state index contributed by atoms with van der Waals surface area (Å²) in [6.07, 6.45) is 5.66. The number of aliphatic imine (C=N–C) groups is 1. The highest BCUT2D eigenvalue weighted by Gasteiger charge is 2.50. The van der Waals surface area contributed by atoms with Crippen molar-refractivity contribution < 1.29 is 21.6 Å². The maximum absolute atomic E-state index is 12.6. The highest BCUT2D eigenvalue weighted by atomic mass is 127. The average Bonchev–Trinajstić information content (AvgIpc) is 3.13. The van der Waals surface area contributed by atoms with Crippen LogP contribution in [-0.4, -0.2) is 56.9 Å². The molecule has 0 unspecified atom stereocenters. The summed E-state index contributed by atoms with van der Waals surface area (Å²) >= 11 is 0. The normalized spacial score (nSPS) is 21.4. The Kier molecular flexibility index (Phi) is 9.32. The molecule has 1 saturated heterocycles. The molecule has 0 aromatic carbocycles. The van der Waals surface area contributed by atoms with Crippen LogP contribution < -0.4 is 10.6 Å². The van der Waals surface area contributed by atoms with Crippen LogP contribution >= 0.6 is 24.0 Å². The second-order valence-electron chi connectivity index (χ2n) is 8.16. The summed E-state index contributed by atoms with van der Waals surface area (Å²) in [6.45, 7) is 4.94. The van der Waals surface area contributed by atoms with Crippen LogP contribution in [0, 0.1) is 11.3 Å². The first-order valence-electron chi connectivity index (χ1n) is 9.51. The van der Waals surface area contributed by atoms with E-state index in [1.165, 1.54) is 25.7 Å². The Morgan fingerprint density at radius 3 is 2.11 bits per heavy atom. The van der Waals surface area contributed by atoms with E-state index in [0.29, 0.717) is 29.0 Å². The largest absolute Gasteiger partial charge is 0.511 e. The van der Waals surface area contributed by atoms with E-state index >= 15 is 0 Å². The first-order chi connectivity index (χ1) is 12.5. The molecule has 0 aromatic heterocycles. The van der Waals surface area contributed by atoms with E-state index in [1.807, 2.05) is 0 Å². The molecule has 1 heterocycles. The fourth-order valence-electron chi connectivity index (χ4n) is 3.94. The molecule has 1 aliphatic carbocycles. The number of hydrogen-bond acceptors (Lipinski definition) is 3. The van der Waals surface area contributed by atoms with E-state index in [9.17, 15) is 21.6 Å². The lowest BCUT2D eigenvalue weighted by atomic mass is 9.78. The van der Waals surface area contributed by atoms with Gasteiger partial charge in [0.2, 0.25) is 0 Å². The van der Waals surface area contributed by atoms with Crippen molar-refractivity contribution in [3.05, 3.63) is 0 Å². The number of sulfonamides is 1. The number of alkyl halides is 3. The van der Waals surface area contributed by atoms with E-state index in [1.54, 1.807) is 7.05 Å². The second-order valence-corrected chi connectivity index (χ2v) is 10.1. The Labute approximate surface area is 183 Å². The highest BCUT2D eigenvalue weighted by molar-refractivity contribution is 14.0. The molecule has 166 valence electrons. The number of nitrogens with zero attached hydrogens (tertiary/aromatic N) is 2. The number of halogens is 4. The molecule has 0 aromatic rings. The lowest BCUT2D eigenvalue weighted by molar-refractivity contribution is -0.0494. The van der Waals surface area contributed by atoms with Crippen molar-refractivity contribution in [2.75, 3.05) is 26.7 Å². The monoisotopic (exact) mass is 540 g/mol. The molecule has 28 heavy (non-hydrogen) atoms. The maximum Gasteiger partial charge on any atom is 0.511 e. The smallest absolute Gasteiger partial charge is 0.356 e. The number of hydrogen-bond donors (Lipinski definition) is 2. The molecule has 2 N–H and O–H groups in total. The lowest BCUT2D eigenvalue weighted by Gasteiger charge is -2.34. The van der Waals surface area contributed by atoms with Crippen LogP contribution in [0.15, 0.2) is 4.99 Å². The number of nitrogens with one attached hydrogen (secondary N) is 2. The third-order valence-corrected chi connectivity index (χ3v) is 7.45. The summed E-state index contributed by atoms with van der Waals surface area (Å²) in [5, 5.41) is 6.54. The van der Waals surface area contributed by atoms with Gasteiger partial charge in [0.05, 0.1) is 0 Å². The van der Waals surface area contributed by atoms with E-state index in [2.05, 4.69) is 29.5 Å². The zero-order valence-corrected chi connectivity index (χ0v) is 19.8. The first-order valence-corrected chi connectivity index (χ1v) is 10.9. The van der Waals surface area contributed by atoms with Crippen LogP contribution in [0.5, 0.6) is 0 Å². The zero-order chi connectivity index (χ0) is 20.3. The Morgan fingerprint density at radius 2 is 1.64 bits per heavy atom. The zero-order valence-electron chi connectivity index (χ0n) is 16.7. The first kappa shape index (κ1) is 25.7. The van der Waals surface area contributed by atoms with Gasteiger partial charge in [-0.05, 0) is 37.0 Å². The highest BCUT2D eigenvalue weighted by Crippen LogP contribution is 2.39. The SMILES string of the molecule is CN=C(NCC(C)(C)C1CCCC1)NC1CCN(S(=O)(=O)C(F)(F)F)CC1.I. The molecule has 0 atom stereocenters. The molecule has 2 aliphatic rings. The molecule has 0 bridgehead atoms. The molecule has 6 nitrogen and oxygen atoms in total. The van der Waals surface area contributed by atoms with Crippen LogP contribution in [0.3, 0.4) is 0 Å². The molecule has 2 fully saturated rings. The van der Waals surface area contributed by atoms with Gasteiger partial charge in [0.1, 0.15) is 0 Å². The number of rotatable bonds is 5. The molecule has 2 rings (SSSR count). The van der Waals surface area contributed by atoms with Gasteiger partial charge in [0.25, 0.3) is 0 Å². The van der Waals surface area contributed by atoms with Gasteiger partial charge >= 0.3 is 15.5 Å². The third-order valence-electron chi connectivity index (χ3n) is 5.82. The van der Waals surface area contributed by atoms with Gasteiger partial charge < -0.3 is 10.6 Å². The summed E-state index contributed by atoms with van der Waals surface area (Å²) in [6, 6.07) is -0.106. The van der Waals surface area contributed by atoms with Crippen molar-refractivity contribution in [1.82, 2.24) is 14.9 Å². The van der Waals surface area contributed by atoms with Crippen LogP contribution in [0.4, 0.5) is 13.2 Å². The average molecular weight is 540 g/mol. The summed E-state index contributed by atoms with van der Waals surface area (Å²) < 4.78 is 61.4. The summed E-state index contributed by atoms with van der Waals surface area (Å²) in [7, 11) is -3.58. The molecule has 11 heteroatoms. The number of guanidine groups is 1. The van der Waals surface area contributed by atoms with E-state index in [0.717, 1.165) is 6.54 Å². The molecule has 0 spiro atoms. The Morgan fingerprint density at radius 1 is 1.11 bits per heavy atom. The van der Waals surface area contributed by atoms with Gasteiger partial charge in [-0.1, -0.05) is 26.7 Å². The topological polar surface area (TPSA) is 73.8 Å². The Bertz CT molecular complexity index is 627. The van der Waals surface area contributed by atoms with E-state index in [-0.39, 0.29) is 48.5 Å². The predicted molar refractivity (Wildman–Crippen MR) is 115 cm³/mol. The standard InChI is InChI=1S/C17H31F3N4O2S.HI/c1-16(2,13-6-4-5-7-13)12-22-15(21-3)23-14-8-10-24(11-9-14)27(25,26)17(18,19)20;/h13-14H,4-12H2,1-3H3,(H2,21,22,23);1H. The van der Waals surface area contributed by atoms with E-state index < -0.39 is 15.5 Å². The molecular weight excluding hydrogens is 508 g/mol. The second kappa shape index (κ2) is 10.1. The molecule has 0 radical (unpaired) electrons. The van der Waals surface area contributed by atoms with Gasteiger partial charge in [-0.3, -0.25) is 4.99 Å². The van der Waals surface area contributed by atoms with Crippen LogP contribution in [0.1, 0.15) is 52.4 Å². The fraction of sp³-hybridized carbons (Fsp3) is 0.941. The Balaban J connectivity index is 0.00000392. The van der Waals surface area contributed by atoms with Gasteiger partial charge in [-0.2, -0.15) is 17.5 Å². The van der Waals surface area contributed by atoms with Gasteiger partial charge in [-0.25, -0.2) is 8.42 Å². The van der Waals surface area contributed by atoms with E-state index in [4.69, 9.17) is 0 Å². The van der Waals surface area contributed by atoms with Crippen LogP contribution in [0.25, 0.3) is 0 Å². The van der Waals surface area contributed by atoms with Crippen LogP contribution in [0.2, 0.25) is 0 Å². The van der Waals surface area contributed by atoms with Crippen LogP contribution in [-0.2, 0) is 10.0 Å². The lowest BCUT2D eigenvalue weighted by Crippen LogP contribution is -2.52. The Hall–Kier alpha value is -0.300. The van der Waals surface area contributed by atoms with Crippen molar-refractivity contribution in [2.45, 2.75) is 63.9 Å². The summed E-state index contributed by atoms with van der Waals surface area (Å²) in [4.78, 5) is 4.20. The van der Waals surface area contributed by atoms with Crippen molar-refractivity contribution in [3.8, 4) is 0 Å². The molecule has 1 aliphatic heterocycles. The molecule has 1 saturated carbocycles. The maximum atomic E-state index is 12.6. The van der Waals surface area contributed by atoms with Crippen molar-refractivity contribution in [2.24, 2.45) is 16.3 Å². The summed E-state index contributed by atoms with van der Waals surface area (Å²) in [5.74, 6) is 1.29. The minimum atomic E-state index is -5.24. The van der Waals surface area contributed by atoms with Crippen molar-refractivity contribution in [1.29, 1.82) is 0 Å². The quantitative estimate of drug-likeness (QED) is 0.319. The minimum absolute atomic E-state index is 0. The minimum Gasteiger partial charge on any atom is -0.356 e. The predicted octanol–water partition coefficient (Wildman–Crippen LogP) is 3.30. The van der Waals surface area contributed by atoms with Gasteiger partial charge in [-0.15, -0.1) is 24.0 Å². The molecular formula is C17H32F3IN4O2S. The summed E-state index contributed by atoms with van der Waals surface area (Å²) in [5.41, 5.74) is -5.10. The fourth-order valence-corrected chi connectivity index (χ4v) is 4.92. The van der Waals surface area contributed by atoms with Gasteiger partial charge in [0.15, 0.2) is 5.96 Å². The van der Waals surface area contributed by atoms with Crippen molar-refractivity contribution in [3.63, 3.8) is 0 Å². The molecule has 0 amide bonds.